The minimum atomic E-state index is -0.794. The van der Waals surface area contributed by atoms with Crippen LogP contribution in [0.25, 0.3) is 10.8 Å². The predicted octanol–water partition coefficient (Wildman–Crippen LogP) is 4.38. The molecule has 3 heteroatoms. The average molecular weight is 286 g/mol. The number of fused-ring (bicyclic) bond motifs is 1. The zero-order valence-corrected chi connectivity index (χ0v) is 12.8. The lowest BCUT2D eigenvalue weighted by molar-refractivity contribution is -0.138. The van der Waals surface area contributed by atoms with E-state index < -0.39 is 11.9 Å². The SMILES string of the molecule is CCCCc1cc(OC)cc2ccc([C@H](C)C(=O)O)cc12. The summed E-state index contributed by atoms with van der Waals surface area (Å²) in [5.74, 6) is -0.430. The molecular weight excluding hydrogens is 264 g/mol. The predicted molar refractivity (Wildman–Crippen MR) is 85.2 cm³/mol. The van der Waals surface area contributed by atoms with Crippen molar-refractivity contribution in [2.24, 2.45) is 0 Å². The van der Waals surface area contributed by atoms with Crippen molar-refractivity contribution in [3.05, 3.63) is 41.5 Å². The summed E-state index contributed by atoms with van der Waals surface area (Å²) < 4.78 is 5.36. The van der Waals surface area contributed by atoms with E-state index in [1.807, 2.05) is 24.3 Å². The highest BCUT2D eigenvalue weighted by Gasteiger charge is 2.15. The molecule has 0 heterocycles. The maximum Gasteiger partial charge on any atom is 0.310 e. The number of carbonyl (C=O) groups is 1. The number of carboxylic acid groups (broad SMARTS) is 1. The van der Waals surface area contributed by atoms with Gasteiger partial charge in [0.1, 0.15) is 5.75 Å². The van der Waals surface area contributed by atoms with E-state index in [1.165, 1.54) is 5.56 Å². The summed E-state index contributed by atoms with van der Waals surface area (Å²) in [5, 5.41) is 11.4. The van der Waals surface area contributed by atoms with Gasteiger partial charge in [-0.05, 0) is 53.8 Å². The molecule has 2 aromatic carbocycles. The Hall–Kier alpha value is -2.03. The molecule has 0 saturated heterocycles. The lowest BCUT2D eigenvalue weighted by Crippen LogP contribution is -2.07. The monoisotopic (exact) mass is 286 g/mol. The Morgan fingerprint density at radius 2 is 2.05 bits per heavy atom. The second-order valence-electron chi connectivity index (χ2n) is 5.43. The highest BCUT2D eigenvalue weighted by atomic mass is 16.5. The fraction of sp³-hybridized carbons (Fsp3) is 0.389. The first-order valence-electron chi connectivity index (χ1n) is 7.40. The number of rotatable bonds is 6. The summed E-state index contributed by atoms with van der Waals surface area (Å²) in [6.07, 6.45) is 3.22. The van der Waals surface area contributed by atoms with Crippen molar-refractivity contribution in [2.45, 2.75) is 39.0 Å². The first kappa shape index (κ1) is 15.4. The van der Waals surface area contributed by atoms with E-state index in [0.717, 1.165) is 41.3 Å². The number of methoxy groups -OCH3 is 1. The molecule has 2 aromatic rings. The molecule has 0 amide bonds. The molecule has 112 valence electrons. The van der Waals surface area contributed by atoms with Crippen LogP contribution in [0.3, 0.4) is 0 Å². The van der Waals surface area contributed by atoms with Crippen LogP contribution < -0.4 is 4.74 Å². The molecule has 21 heavy (non-hydrogen) atoms. The molecule has 0 aromatic heterocycles. The Bertz CT molecular complexity index is 646. The first-order valence-corrected chi connectivity index (χ1v) is 7.40. The van der Waals surface area contributed by atoms with Gasteiger partial charge in [-0.1, -0.05) is 31.5 Å². The van der Waals surface area contributed by atoms with Gasteiger partial charge in [-0.2, -0.15) is 0 Å². The third-order valence-electron chi connectivity index (χ3n) is 3.94. The first-order chi connectivity index (χ1) is 10.1. The van der Waals surface area contributed by atoms with Gasteiger partial charge in [-0.25, -0.2) is 0 Å². The number of ether oxygens (including phenoxy) is 1. The van der Waals surface area contributed by atoms with E-state index >= 15 is 0 Å². The molecule has 3 nitrogen and oxygen atoms in total. The number of carboxylic acids is 1. The molecule has 0 bridgehead atoms. The number of hydrogen-bond acceptors (Lipinski definition) is 2. The fourth-order valence-corrected chi connectivity index (χ4v) is 2.53. The van der Waals surface area contributed by atoms with Gasteiger partial charge in [-0.3, -0.25) is 4.79 Å². The molecule has 0 radical (unpaired) electrons. The van der Waals surface area contributed by atoms with Crippen molar-refractivity contribution >= 4 is 16.7 Å². The Balaban J connectivity index is 2.54. The van der Waals surface area contributed by atoms with Crippen LogP contribution in [0.15, 0.2) is 30.3 Å². The van der Waals surface area contributed by atoms with E-state index in [-0.39, 0.29) is 0 Å². The Labute approximate surface area is 125 Å². The summed E-state index contributed by atoms with van der Waals surface area (Å²) in [5.41, 5.74) is 2.07. The number of hydrogen-bond donors (Lipinski definition) is 1. The van der Waals surface area contributed by atoms with E-state index in [9.17, 15) is 9.90 Å². The van der Waals surface area contributed by atoms with Gasteiger partial charge in [0.05, 0.1) is 13.0 Å². The summed E-state index contributed by atoms with van der Waals surface area (Å²) in [4.78, 5) is 11.2. The topological polar surface area (TPSA) is 46.5 Å². The molecule has 0 spiro atoms. The molecule has 0 unspecified atom stereocenters. The maximum atomic E-state index is 11.2. The van der Waals surface area contributed by atoms with Gasteiger partial charge < -0.3 is 9.84 Å². The zero-order chi connectivity index (χ0) is 15.4. The van der Waals surface area contributed by atoms with Gasteiger partial charge in [0, 0.05) is 0 Å². The van der Waals surface area contributed by atoms with Crippen LogP contribution >= 0.6 is 0 Å². The number of aliphatic carboxylic acids is 1. The van der Waals surface area contributed by atoms with Crippen molar-refractivity contribution in [1.82, 2.24) is 0 Å². The Morgan fingerprint density at radius 1 is 1.29 bits per heavy atom. The normalized spacial score (nSPS) is 12.3. The highest BCUT2D eigenvalue weighted by molar-refractivity contribution is 5.89. The number of benzene rings is 2. The summed E-state index contributed by atoms with van der Waals surface area (Å²) >= 11 is 0. The van der Waals surface area contributed by atoms with E-state index in [2.05, 4.69) is 13.0 Å². The second-order valence-corrected chi connectivity index (χ2v) is 5.43. The zero-order valence-electron chi connectivity index (χ0n) is 12.8. The largest absolute Gasteiger partial charge is 0.497 e. The van der Waals surface area contributed by atoms with E-state index in [4.69, 9.17) is 4.74 Å². The lowest BCUT2D eigenvalue weighted by atomic mass is 9.94. The molecule has 1 atom stereocenters. The molecular formula is C18H22O3. The summed E-state index contributed by atoms with van der Waals surface area (Å²) in [7, 11) is 1.67. The van der Waals surface area contributed by atoms with Gasteiger partial charge >= 0.3 is 5.97 Å². The second kappa shape index (κ2) is 6.61. The summed E-state index contributed by atoms with van der Waals surface area (Å²) in [6.45, 7) is 3.89. The van der Waals surface area contributed by atoms with Gasteiger partial charge in [0.25, 0.3) is 0 Å². The van der Waals surface area contributed by atoms with E-state index in [0.29, 0.717) is 0 Å². The van der Waals surface area contributed by atoms with Crippen LogP contribution in [0.4, 0.5) is 0 Å². The van der Waals surface area contributed by atoms with Crippen molar-refractivity contribution in [2.75, 3.05) is 7.11 Å². The Kier molecular flexibility index (Phi) is 4.84. The quantitative estimate of drug-likeness (QED) is 0.857. The standard InChI is InChI=1S/C18H22O3/c1-4-5-6-14-9-16(21-3)10-15-8-7-13(11-17(14)15)12(2)18(19)20/h7-12H,4-6H2,1-3H3,(H,19,20)/t12-/m0/s1. The van der Waals surface area contributed by atoms with Crippen LogP contribution in [0.5, 0.6) is 5.75 Å². The molecule has 0 saturated carbocycles. The fourth-order valence-electron chi connectivity index (χ4n) is 2.53. The number of unbranched alkanes of at least 4 members (excludes halogenated alkanes) is 1. The molecule has 0 aliphatic rings. The third kappa shape index (κ3) is 3.35. The van der Waals surface area contributed by atoms with Crippen LogP contribution in [0, 0.1) is 0 Å². The number of aryl methyl sites for hydroxylation is 1. The van der Waals surface area contributed by atoms with Crippen molar-refractivity contribution < 1.29 is 14.6 Å². The van der Waals surface area contributed by atoms with Crippen molar-refractivity contribution in [1.29, 1.82) is 0 Å². The molecule has 0 fully saturated rings. The minimum absolute atomic E-state index is 0.490. The molecule has 2 rings (SSSR count). The van der Waals surface area contributed by atoms with Crippen LogP contribution in [0.2, 0.25) is 0 Å². The van der Waals surface area contributed by atoms with Gasteiger partial charge in [-0.15, -0.1) is 0 Å². The van der Waals surface area contributed by atoms with Crippen molar-refractivity contribution in [3.63, 3.8) is 0 Å². The van der Waals surface area contributed by atoms with Crippen LogP contribution in [0.1, 0.15) is 43.7 Å². The van der Waals surface area contributed by atoms with Gasteiger partial charge in [0.2, 0.25) is 0 Å². The van der Waals surface area contributed by atoms with Crippen LogP contribution in [-0.4, -0.2) is 18.2 Å². The van der Waals surface area contributed by atoms with Crippen molar-refractivity contribution in [3.8, 4) is 5.75 Å². The molecule has 0 aliphatic heterocycles. The Morgan fingerprint density at radius 3 is 2.67 bits per heavy atom. The highest BCUT2D eigenvalue weighted by Crippen LogP contribution is 2.29. The molecule has 1 N–H and O–H groups in total. The summed E-state index contributed by atoms with van der Waals surface area (Å²) in [6, 6.07) is 9.96. The smallest absolute Gasteiger partial charge is 0.310 e. The minimum Gasteiger partial charge on any atom is -0.497 e. The average Bonchev–Trinajstić information content (AvgIpc) is 2.50. The van der Waals surface area contributed by atoms with Crippen LogP contribution in [-0.2, 0) is 11.2 Å². The molecule has 0 aliphatic carbocycles. The maximum absolute atomic E-state index is 11.2. The van der Waals surface area contributed by atoms with Gasteiger partial charge in [0.15, 0.2) is 0 Å². The third-order valence-corrected chi connectivity index (χ3v) is 3.94. The lowest BCUT2D eigenvalue weighted by Gasteiger charge is -2.13. The van der Waals surface area contributed by atoms with E-state index in [1.54, 1.807) is 14.0 Å².